The molecule has 0 radical (unpaired) electrons. The molecular formula is C20H23N5O3. The van der Waals surface area contributed by atoms with Crippen molar-refractivity contribution in [1.82, 2.24) is 24.4 Å². The van der Waals surface area contributed by atoms with Crippen LogP contribution in [0, 0.1) is 11.8 Å². The summed E-state index contributed by atoms with van der Waals surface area (Å²) < 4.78 is 1.90. The molecule has 0 aromatic carbocycles. The van der Waals surface area contributed by atoms with Crippen molar-refractivity contribution in [3.8, 4) is 0 Å². The third-order valence-corrected chi connectivity index (χ3v) is 6.44. The third kappa shape index (κ3) is 2.62. The zero-order valence-electron chi connectivity index (χ0n) is 15.7. The van der Waals surface area contributed by atoms with E-state index in [2.05, 4.69) is 10.2 Å². The van der Waals surface area contributed by atoms with Gasteiger partial charge in [0, 0.05) is 12.7 Å². The lowest BCUT2D eigenvalue weighted by molar-refractivity contribution is -0.147. The van der Waals surface area contributed by atoms with Gasteiger partial charge in [0.15, 0.2) is 11.5 Å². The quantitative estimate of drug-likeness (QED) is 0.753. The molecule has 2 aromatic heterocycles. The van der Waals surface area contributed by atoms with Crippen molar-refractivity contribution in [3.63, 3.8) is 0 Å². The summed E-state index contributed by atoms with van der Waals surface area (Å²) in [6, 6.07) is 5.50. The van der Waals surface area contributed by atoms with Crippen LogP contribution in [0.5, 0.6) is 0 Å². The summed E-state index contributed by atoms with van der Waals surface area (Å²) >= 11 is 0. The highest BCUT2D eigenvalue weighted by molar-refractivity contribution is 6.07. The van der Waals surface area contributed by atoms with Crippen LogP contribution < -0.4 is 0 Å². The van der Waals surface area contributed by atoms with Gasteiger partial charge in [0.1, 0.15) is 6.54 Å². The van der Waals surface area contributed by atoms with E-state index < -0.39 is 0 Å². The predicted octanol–water partition coefficient (Wildman–Crippen LogP) is 1.57. The number of aromatic nitrogens is 3. The summed E-state index contributed by atoms with van der Waals surface area (Å²) in [6.07, 6.45) is 7.05. The van der Waals surface area contributed by atoms with Crippen molar-refractivity contribution in [2.45, 2.75) is 44.6 Å². The zero-order chi connectivity index (χ0) is 19.3. The van der Waals surface area contributed by atoms with E-state index in [4.69, 9.17) is 0 Å². The average molecular weight is 381 g/mol. The minimum atomic E-state index is -0.219. The Labute approximate surface area is 162 Å². The van der Waals surface area contributed by atoms with Crippen LogP contribution in [0.4, 0.5) is 0 Å². The highest BCUT2D eigenvalue weighted by Gasteiger charge is 2.49. The second kappa shape index (κ2) is 6.68. The van der Waals surface area contributed by atoms with Crippen molar-refractivity contribution < 1.29 is 14.4 Å². The van der Waals surface area contributed by atoms with E-state index in [0.29, 0.717) is 6.54 Å². The maximum atomic E-state index is 13.1. The van der Waals surface area contributed by atoms with Crippen LogP contribution in [-0.4, -0.2) is 55.2 Å². The number of pyridine rings is 1. The summed E-state index contributed by atoms with van der Waals surface area (Å²) in [7, 11) is 0. The first-order chi connectivity index (χ1) is 13.6. The van der Waals surface area contributed by atoms with Crippen molar-refractivity contribution in [2.75, 3.05) is 13.1 Å². The predicted molar refractivity (Wildman–Crippen MR) is 98.8 cm³/mol. The van der Waals surface area contributed by atoms with Gasteiger partial charge in [0.25, 0.3) is 0 Å². The molecule has 1 aliphatic carbocycles. The van der Waals surface area contributed by atoms with E-state index in [-0.39, 0.29) is 42.1 Å². The fourth-order valence-electron chi connectivity index (χ4n) is 5.03. The van der Waals surface area contributed by atoms with Gasteiger partial charge in [0.05, 0.1) is 17.9 Å². The number of amides is 3. The van der Waals surface area contributed by atoms with E-state index in [0.717, 1.165) is 50.0 Å². The number of carbonyl (C=O) groups excluding carboxylic acids is 3. The standard InChI is InChI=1S/C20H23N5O3/c26-17(12-25-19(27)13-6-1-2-7-14(13)20(25)28)23-11-5-8-15(23)18-22-21-16-9-3-4-10-24(16)18/h3-4,9-10,13-15H,1-2,5-8,11-12H2/t13-,14-,15+/m1/s1. The molecule has 8 heteroatoms. The largest absolute Gasteiger partial charge is 0.331 e. The van der Waals surface area contributed by atoms with Gasteiger partial charge in [-0.2, -0.15) is 0 Å². The summed E-state index contributed by atoms with van der Waals surface area (Å²) in [4.78, 5) is 41.4. The van der Waals surface area contributed by atoms with Gasteiger partial charge in [-0.15, -0.1) is 10.2 Å². The molecule has 0 spiro atoms. The fraction of sp³-hybridized carbons (Fsp3) is 0.550. The Balaban J connectivity index is 1.36. The molecule has 0 N–H and O–H groups in total. The minimum absolute atomic E-state index is 0.155. The molecule has 28 heavy (non-hydrogen) atoms. The first-order valence-corrected chi connectivity index (χ1v) is 10.1. The maximum absolute atomic E-state index is 13.1. The molecule has 0 unspecified atom stereocenters. The van der Waals surface area contributed by atoms with Crippen LogP contribution in [0.15, 0.2) is 24.4 Å². The van der Waals surface area contributed by atoms with Crippen LogP contribution in [0.1, 0.15) is 50.4 Å². The Bertz CT molecular complexity index is 930. The summed E-state index contributed by atoms with van der Waals surface area (Å²) in [5.41, 5.74) is 0.741. The molecule has 2 aromatic rings. The molecule has 3 amide bonds. The number of hydrogen-bond acceptors (Lipinski definition) is 5. The molecule has 5 rings (SSSR count). The highest BCUT2D eigenvalue weighted by atomic mass is 16.2. The maximum Gasteiger partial charge on any atom is 0.243 e. The van der Waals surface area contributed by atoms with Gasteiger partial charge in [-0.05, 0) is 37.8 Å². The minimum Gasteiger partial charge on any atom is -0.331 e. The Morgan fingerprint density at radius 1 is 1.00 bits per heavy atom. The first-order valence-electron chi connectivity index (χ1n) is 10.1. The normalized spacial score (nSPS) is 27.6. The Kier molecular flexibility index (Phi) is 4.14. The topological polar surface area (TPSA) is 87.9 Å². The average Bonchev–Trinajstić information content (AvgIpc) is 3.42. The van der Waals surface area contributed by atoms with Gasteiger partial charge in [-0.25, -0.2) is 0 Å². The SMILES string of the molecule is O=C1[C@@H]2CCCC[C@H]2C(=O)N1CC(=O)N1CCC[C@H]1c1nnc2ccccn12. The van der Waals surface area contributed by atoms with Gasteiger partial charge in [-0.1, -0.05) is 18.9 Å². The van der Waals surface area contributed by atoms with Crippen molar-refractivity contribution in [1.29, 1.82) is 0 Å². The number of imide groups is 1. The van der Waals surface area contributed by atoms with Gasteiger partial charge >= 0.3 is 0 Å². The monoisotopic (exact) mass is 381 g/mol. The zero-order valence-corrected chi connectivity index (χ0v) is 15.7. The van der Waals surface area contributed by atoms with Crippen molar-refractivity contribution in [3.05, 3.63) is 30.2 Å². The van der Waals surface area contributed by atoms with E-state index in [1.165, 1.54) is 4.90 Å². The van der Waals surface area contributed by atoms with Gasteiger partial charge < -0.3 is 4.90 Å². The van der Waals surface area contributed by atoms with E-state index in [1.807, 2.05) is 28.8 Å². The molecule has 8 nitrogen and oxygen atoms in total. The van der Waals surface area contributed by atoms with E-state index >= 15 is 0 Å². The Morgan fingerprint density at radius 3 is 2.50 bits per heavy atom. The fourth-order valence-corrected chi connectivity index (χ4v) is 5.03. The number of carbonyl (C=O) groups is 3. The first kappa shape index (κ1) is 17.3. The molecule has 3 aliphatic rings. The molecule has 3 atom stereocenters. The molecule has 3 fully saturated rings. The highest BCUT2D eigenvalue weighted by Crippen LogP contribution is 2.38. The van der Waals surface area contributed by atoms with E-state index in [1.54, 1.807) is 4.90 Å². The lowest BCUT2D eigenvalue weighted by Crippen LogP contribution is -2.43. The third-order valence-electron chi connectivity index (χ3n) is 6.44. The van der Waals surface area contributed by atoms with Gasteiger partial charge in [0.2, 0.25) is 17.7 Å². The molecule has 4 heterocycles. The molecular weight excluding hydrogens is 358 g/mol. The van der Waals surface area contributed by atoms with Crippen molar-refractivity contribution in [2.24, 2.45) is 11.8 Å². The second-order valence-corrected chi connectivity index (χ2v) is 7.99. The van der Waals surface area contributed by atoms with Gasteiger partial charge in [-0.3, -0.25) is 23.7 Å². The van der Waals surface area contributed by atoms with Crippen LogP contribution in [0.25, 0.3) is 5.65 Å². The smallest absolute Gasteiger partial charge is 0.243 e. The molecule has 2 saturated heterocycles. The summed E-state index contributed by atoms with van der Waals surface area (Å²) in [5.74, 6) is -0.212. The van der Waals surface area contributed by atoms with E-state index in [9.17, 15) is 14.4 Å². The summed E-state index contributed by atoms with van der Waals surface area (Å²) in [6.45, 7) is 0.451. The van der Waals surface area contributed by atoms with Crippen LogP contribution in [-0.2, 0) is 14.4 Å². The van der Waals surface area contributed by atoms with Crippen molar-refractivity contribution >= 4 is 23.4 Å². The molecule has 146 valence electrons. The summed E-state index contributed by atoms with van der Waals surface area (Å²) in [5, 5.41) is 8.49. The second-order valence-electron chi connectivity index (χ2n) is 7.99. The number of nitrogens with zero attached hydrogens (tertiary/aromatic N) is 5. The number of likely N-dealkylation sites (tertiary alicyclic amines) is 2. The number of rotatable bonds is 3. The van der Waals surface area contributed by atoms with Crippen LogP contribution in [0.2, 0.25) is 0 Å². The molecule has 1 saturated carbocycles. The number of fused-ring (bicyclic) bond motifs is 2. The lowest BCUT2D eigenvalue weighted by Gasteiger charge is -2.25. The Morgan fingerprint density at radius 2 is 1.75 bits per heavy atom. The van der Waals surface area contributed by atoms with Crippen LogP contribution in [0.3, 0.4) is 0 Å². The molecule has 2 aliphatic heterocycles. The number of hydrogen-bond donors (Lipinski definition) is 0. The lowest BCUT2D eigenvalue weighted by atomic mass is 9.81. The Hall–Kier alpha value is -2.77. The van der Waals surface area contributed by atoms with Crippen LogP contribution >= 0.6 is 0 Å². The molecule has 0 bridgehead atoms.